The largest absolute Gasteiger partial charge is 0.324 e. The molecule has 0 aliphatic heterocycles. The number of hydrogen-bond acceptors (Lipinski definition) is 3. The zero-order chi connectivity index (χ0) is 17.6. The van der Waals surface area contributed by atoms with Gasteiger partial charge in [0.15, 0.2) is 0 Å². The zero-order valence-electron chi connectivity index (χ0n) is 13.9. The number of carbonyl (C=O) groups is 1. The SMILES string of the molecule is C/C(=N/N=C(\c1ccccc1)C1CC1)NC(=O)Nc1ccccc1F. The maximum atomic E-state index is 13.5. The second-order valence-corrected chi connectivity index (χ2v) is 5.87. The van der Waals surface area contributed by atoms with Gasteiger partial charge in [0.1, 0.15) is 11.7 Å². The van der Waals surface area contributed by atoms with Crippen LogP contribution in [0.1, 0.15) is 25.3 Å². The van der Waals surface area contributed by atoms with Gasteiger partial charge in [-0.3, -0.25) is 5.32 Å². The monoisotopic (exact) mass is 338 g/mol. The summed E-state index contributed by atoms with van der Waals surface area (Å²) in [6.45, 7) is 1.64. The van der Waals surface area contributed by atoms with Crippen LogP contribution in [0.15, 0.2) is 64.8 Å². The first-order valence-corrected chi connectivity index (χ1v) is 8.13. The molecule has 2 aromatic rings. The smallest absolute Gasteiger partial charge is 0.305 e. The van der Waals surface area contributed by atoms with E-state index in [0.29, 0.717) is 11.8 Å². The highest BCUT2D eigenvalue weighted by Gasteiger charge is 2.28. The van der Waals surface area contributed by atoms with Crippen molar-refractivity contribution in [2.75, 3.05) is 5.32 Å². The van der Waals surface area contributed by atoms with E-state index in [1.807, 2.05) is 30.3 Å². The van der Waals surface area contributed by atoms with Gasteiger partial charge in [-0.1, -0.05) is 42.5 Å². The summed E-state index contributed by atoms with van der Waals surface area (Å²) < 4.78 is 13.5. The van der Waals surface area contributed by atoms with Crippen LogP contribution in [0.25, 0.3) is 0 Å². The quantitative estimate of drug-likeness (QED) is 0.490. The molecule has 0 heterocycles. The van der Waals surface area contributed by atoms with Crippen molar-refractivity contribution in [2.45, 2.75) is 19.8 Å². The van der Waals surface area contributed by atoms with Crippen LogP contribution >= 0.6 is 0 Å². The molecule has 25 heavy (non-hydrogen) atoms. The van der Waals surface area contributed by atoms with Gasteiger partial charge in [0.05, 0.1) is 11.4 Å². The molecule has 1 aliphatic rings. The summed E-state index contributed by atoms with van der Waals surface area (Å²) in [4.78, 5) is 11.9. The van der Waals surface area contributed by atoms with Crippen LogP contribution in [0.5, 0.6) is 0 Å². The van der Waals surface area contributed by atoms with Gasteiger partial charge in [-0.05, 0) is 37.5 Å². The van der Waals surface area contributed by atoms with Gasteiger partial charge in [0.25, 0.3) is 0 Å². The number of nitrogens with zero attached hydrogens (tertiary/aromatic N) is 2. The van der Waals surface area contributed by atoms with Crippen LogP contribution in [0.4, 0.5) is 14.9 Å². The number of amides is 2. The number of anilines is 1. The second kappa shape index (κ2) is 7.70. The van der Waals surface area contributed by atoms with Crippen LogP contribution in [0.2, 0.25) is 0 Å². The molecule has 5 nitrogen and oxygen atoms in total. The molecular formula is C19H19FN4O. The molecule has 2 amide bonds. The van der Waals surface area contributed by atoms with E-state index in [1.165, 1.54) is 12.1 Å². The number of amidine groups is 1. The maximum absolute atomic E-state index is 13.5. The normalized spacial score (nSPS) is 15.0. The first-order chi connectivity index (χ1) is 12.1. The average molecular weight is 338 g/mol. The first kappa shape index (κ1) is 16.8. The molecule has 0 saturated heterocycles. The van der Waals surface area contributed by atoms with Crippen molar-refractivity contribution in [3.8, 4) is 0 Å². The number of para-hydroxylation sites is 1. The minimum Gasteiger partial charge on any atom is -0.305 e. The fourth-order valence-corrected chi connectivity index (χ4v) is 2.38. The Morgan fingerprint density at radius 2 is 1.72 bits per heavy atom. The third-order valence-corrected chi connectivity index (χ3v) is 3.76. The molecule has 1 fully saturated rings. The third-order valence-electron chi connectivity index (χ3n) is 3.76. The Bertz CT molecular complexity index is 813. The lowest BCUT2D eigenvalue weighted by Crippen LogP contribution is -2.32. The maximum Gasteiger partial charge on any atom is 0.324 e. The average Bonchev–Trinajstić information content (AvgIpc) is 3.43. The molecule has 0 radical (unpaired) electrons. The van der Waals surface area contributed by atoms with Gasteiger partial charge in [-0.15, -0.1) is 5.10 Å². The topological polar surface area (TPSA) is 65.8 Å². The van der Waals surface area contributed by atoms with Crippen LogP contribution in [-0.4, -0.2) is 17.6 Å². The highest BCUT2D eigenvalue weighted by atomic mass is 19.1. The van der Waals surface area contributed by atoms with E-state index >= 15 is 0 Å². The number of rotatable bonds is 4. The Labute approximate surface area is 145 Å². The van der Waals surface area contributed by atoms with Crippen molar-refractivity contribution in [3.05, 3.63) is 66.0 Å². The van der Waals surface area contributed by atoms with Gasteiger partial charge in [0.2, 0.25) is 0 Å². The van der Waals surface area contributed by atoms with Gasteiger partial charge >= 0.3 is 6.03 Å². The summed E-state index contributed by atoms with van der Waals surface area (Å²) in [5.41, 5.74) is 2.08. The van der Waals surface area contributed by atoms with Crippen molar-refractivity contribution < 1.29 is 9.18 Å². The molecule has 6 heteroatoms. The predicted octanol–water partition coefficient (Wildman–Crippen LogP) is 4.18. The molecule has 1 saturated carbocycles. The number of urea groups is 1. The van der Waals surface area contributed by atoms with E-state index in [-0.39, 0.29) is 5.69 Å². The second-order valence-electron chi connectivity index (χ2n) is 5.87. The van der Waals surface area contributed by atoms with E-state index in [2.05, 4.69) is 20.8 Å². The lowest BCUT2D eigenvalue weighted by Gasteiger charge is -2.07. The van der Waals surface area contributed by atoms with E-state index in [1.54, 1.807) is 19.1 Å². The number of hydrogen-bond donors (Lipinski definition) is 2. The molecule has 128 valence electrons. The van der Waals surface area contributed by atoms with Crippen LogP contribution in [0.3, 0.4) is 0 Å². The van der Waals surface area contributed by atoms with E-state index < -0.39 is 11.8 Å². The molecule has 0 atom stereocenters. The van der Waals surface area contributed by atoms with E-state index in [0.717, 1.165) is 24.1 Å². The zero-order valence-corrected chi connectivity index (χ0v) is 13.9. The van der Waals surface area contributed by atoms with Crippen LogP contribution in [0, 0.1) is 11.7 Å². The molecule has 3 rings (SSSR count). The number of nitrogens with one attached hydrogen (secondary N) is 2. The molecule has 1 aliphatic carbocycles. The Morgan fingerprint density at radius 1 is 1.04 bits per heavy atom. The number of halogens is 1. The molecule has 2 aromatic carbocycles. The summed E-state index contributed by atoms with van der Waals surface area (Å²) >= 11 is 0. The third kappa shape index (κ3) is 4.73. The van der Waals surface area contributed by atoms with Gasteiger partial charge in [-0.2, -0.15) is 5.10 Å². The fourth-order valence-electron chi connectivity index (χ4n) is 2.38. The Hall–Kier alpha value is -3.02. The molecule has 0 aromatic heterocycles. The summed E-state index contributed by atoms with van der Waals surface area (Å²) in [5, 5.41) is 13.4. The molecule has 2 N–H and O–H groups in total. The van der Waals surface area contributed by atoms with E-state index in [4.69, 9.17) is 0 Å². The molecule has 0 bridgehead atoms. The van der Waals surface area contributed by atoms with Crippen molar-refractivity contribution in [1.29, 1.82) is 0 Å². The molecule has 0 spiro atoms. The van der Waals surface area contributed by atoms with Gasteiger partial charge in [-0.25, -0.2) is 9.18 Å². The van der Waals surface area contributed by atoms with Gasteiger partial charge in [0, 0.05) is 5.92 Å². The highest BCUT2D eigenvalue weighted by Crippen LogP contribution is 2.33. The lowest BCUT2D eigenvalue weighted by molar-refractivity contribution is 0.256. The van der Waals surface area contributed by atoms with E-state index in [9.17, 15) is 9.18 Å². The summed E-state index contributed by atoms with van der Waals surface area (Å²) in [5.74, 6) is 0.263. The minimum absolute atomic E-state index is 0.110. The molecular weight excluding hydrogens is 319 g/mol. The highest BCUT2D eigenvalue weighted by molar-refractivity contribution is 6.05. The molecule has 0 unspecified atom stereocenters. The summed E-state index contributed by atoms with van der Waals surface area (Å²) in [7, 11) is 0. The summed E-state index contributed by atoms with van der Waals surface area (Å²) in [6.07, 6.45) is 2.20. The van der Waals surface area contributed by atoms with Gasteiger partial charge < -0.3 is 5.32 Å². The van der Waals surface area contributed by atoms with Crippen LogP contribution < -0.4 is 10.6 Å². The fraction of sp³-hybridized carbons (Fsp3) is 0.211. The van der Waals surface area contributed by atoms with Crippen LogP contribution in [-0.2, 0) is 0 Å². The summed E-state index contributed by atoms with van der Waals surface area (Å²) in [6, 6.07) is 15.3. The number of carbonyl (C=O) groups excluding carboxylic acids is 1. The van der Waals surface area contributed by atoms with Crippen molar-refractivity contribution in [1.82, 2.24) is 5.32 Å². The number of benzene rings is 2. The van der Waals surface area contributed by atoms with Crippen molar-refractivity contribution in [2.24, 2.45) is 16.1 Å². The Balaban J connectivity index is 1.66. The Kier molecular flexibility index (Phi) is 5.18. The van der Waals surface area contributed by atoms with Crippen molar-refractivity contribution in [3.63, 3.8) is 0 Å². The first-order valence-electron chi connectivity index (χ1n) is 8.13. The van der Waals surface area contributed by atoms with Crippen molar-refractivity contribution >= 4 is 23.3 Å². The lowest BCUT2D eigenvalue weighted by atomic mass is 10.1. The minimum atomic E-state index is -0.561. The predicted molar refractivity (Wildman–Crippen MR) is 97.4 cm³/mol. The standard InChI is InChI=1S/C19H19FN4O/c1-13(21-19(25)22-17-10-6-5-9-16(17)20)23-24-18(15-11-12-15)14-7-3-2-4-8-14/h2-10,15H,11-12H2,1H3,(H2,21,22,23,25)/b24-18+. The Morgan fingerprint density at radius 3 is 2.40 bits per heavy atom.